The van der Waals surface area contributed by atoms with Crippen LogP contribution in [0.25, 0.3) is 0 Å². The van der Waals surface area contributed by atoms with Gasteiger partial charge in [-0.3, -0.25) is 0 Å². The van der Waals surface area contributed by atoms with Crippen molar-refractivity contribution in [2.24, 2.45) is 5.92 Å². The van der Waals surface area contributed by atoms with E-state index in [-0.39, 0.29) is 6.61 Å². The lowest BCUT2D eigenvalue weighted by Gasteiger charge is -2.36. The van der Waals surface area contributed by atoms with Crippen molar-refractivity contribution in [3.05, 3.63) is 0 Å². The fourth-order valence-electron chi connectivity index (χ4n) is 3.45. The van der Waals surface area contributed by atoms with E-state index in [1.165, 1.54) is 45.1 Å². The third kappa shape index (κ3) is 4.19. The van der Waals surface area contributed by atoms with Crippen molar-refractivity contribution in [1.82, 2.24) is 10.6 Å². The summed E-state index contributed by atoms with van der Waals surface area (Å²) in [6.07, 6.45) is 8.12. The van der Waals surface area contributed by atoms with Crippen molar-refractivity contribution in [3.63, 3.8) is 0 Å². The zero-order valence-corrected chi connectivity index (χ0v) is 11.4. The Kier molecular flexibility index (Phi) is 6.41. The molecule has 3 N–H and O–H groups in total. The Balaban J connectivity index is 1.69. The minimum Gasteiger partial charge on any atom is -0.394 e. The molecule has 1 aliphatic heterocycles. The normalized spacial score (nSPS) is 32.8. The van der Waals surface area contributed by atoms with Crippen molar-refractivity contribution >= 4 is 0 Å². The predicted octanol–water partition coefficient (Wildman–Crippen LogP) is 0.896. The summed E-state index contributed by atoms with van der Waals surface area (Å²) in [6, 6.07) is 1.40. The van der Waals surface area contributed by atoms with Gasteiger partial charge in [-0.2, -0.15) is 0 Å². The topological polar surface area (TPSA) is 53.5 Å². The standard InChI is InChI=1S/C14H28N2O2/c17-9-11-18-10-8-16-13-5-2-1-4-12(13)14-6-3-7-15-14/h12-17H,1-11H2. The summed E-state index contributed by atoms with van der Waals surface area (Å²) in [5.41, 5.74) is 0. The van der Waals surface area contributed by atoms with Crippen molar-refractivity contribution < 1.29 is 9.84 Å². The second-order valence-corrected chi connectivity index (χ2v) is 5.55. The molecule has 3 atom stereocenters. The lowest BCUT2D eigenvalue weighted by molar-refractivity contribution is 0.0887. The number of hydrogen-bond donors (Lipinski definition) is 3. The zero-order valence-electron chi connectivity index (χ0n) is 11.4. The van der Waals surface area contributed by atoms with E-state index in [9.17, 15) is 0 Å². The second-order valence-electron chi connectivity index (χ2n) is 5.55. The Bertz CT molecular complexity index is 220. The van der Waals surface area contributed by atoms with E-state index in [4.69, 9.17) is 9.84 Å². The fraction of sp³-hybridized carbons (Fsp3) is 1.00. The molecule has 0 aromatic rings. The van der Waals surface area contributed by atoms with E-state index in [2.05, 4.69) is 10.6 Å². The van der Waals surface area contributed by atoms with E-state index in [0.29, 0.717) is 19.3 Å². The van der Waals surface area contributed by atoms with Crippen LogP contribution in [0.2, 0.25) is 0 Å². The third-order valence-electron chi connectivity index (χ3n) is 4.32. The first-order chi connectivity index (χ1) is 8.92. The van der Waals surface area contributed by atoms with Crippen molar-refractivity contribution in [3.8, 4) is 0 Å². The first-order valence-corrected chi connectivity index (χ1v) is 7.57. The predicted molar refractivity (Wildman–Crippen MR) is 72.7 cm³/mol. The van der Waals surface area contributed by atoms with Gasteiger partial charge in [0.2, 0.25) is 0 Å². The maximum atomic E-state index is 8.65. The number of aliphatic hydroxyl groups excluding tert-OH is 1. The minimum atomic E-state index is 0.123. The molecule has 0 spiro atoms. The number of rotatable bonds is 7. The Labute approximate surface area is 110 Å². The molecule has 0 radical (unpaired) electrons. The molecule has 0 aromatic carbocycles. The largest absolute Gasteiger partial charge is 0.394 e. The van der Waals surface area contributed by atoms with Gasteiger partial charge in [-0.05, 0) is 38.1 Å². The van der Waals surface area contributed by atoms with Crippen LogP contribution in [0.4, 0.5) is 0 Å². The minimum absolute atomic E-state index is 0.123. The van der Waals surface area contributed by atoms with E-state index < -0.39 is 0 Å². The highest BCUT2D eigenvalue weighted by molar-refractivity contribution is 4.91. The average Bonchev–Trinajstić information content (AvgIpc) is 2.93. The molecular formula is C14H28N2O2. The van der Waals surface area contributed by atoms with E-state index in [0.717, 1.165) is 18.5 Å². The van der Waals surface area contributed by atoms with Gasteiger partial charge in [0.25, 0.3) is 0 Å². The number of ether oxygens (including phenoxy) is 1. The quantitative estimate of drug-likeness (QED) is 0.592. The Morgan fingerprint density at radius 2 is 2.00 bits per heavy atom. The first kappa shape index (κ1) is 14.3. The highest BCUT2D eigenvalue weighted by Crippen LogP contribution is 2.30. The van der Waals surface area contributed by atoms with Crippen molar-refractivity contribution in [2.45, 2.75) is 50.6 Å². The summed E-state index contributed by atoms with van der Waals surface area (Å²) in [7, 11) is 0. The summed E-state index contributed by atoms with van der Waals surface area (Å²) in [4.78, 5) is 0. The first-order valence-electron chi connectivity index (χ1n) is 7.57. The summed E-state index contributed by atoms with van der Waals surface area (Å²) < 4.78 is 5.31. The fourth-order valence-corrected chi connectivity index (χ4v) is 3.45. The average molecular weight is 256 g/mol. The van der Waals surface area contributed by atoms with Crippen LogP contribution in [-0.4, -0.2) is 50.1 Å². The van der Waals surface area contributed by atoms with Gasteiger partial charge in [0.05, 0.1) is 19.8 Å². The second kappa shape index (κ2) is 8.10. The van der Waals surface area contributed by atoms with Crippen LogP contribution in [0.3, 0.4) is 0 Å². The molecule has 1 aliphatic carbocycles. The summed E-state index contributed by atoms with van der Waals surface area (Å²) in [6.45, 7) is 3.40. The van der Waals surface area contributed by atoms with Crippen LogP contribution in [0.1, 0.15) is 38.5 Å². The Hall–Kier alpha value is -0.160. The van der Waals surface area contributed by atoms with Gasteiger partial charge in [0, 0.05) is 18.6 Å². The van der Waals surface area contributed by atoms with Crippen LogP contribution in [0.15, 0.2) is 0 Å². The van der Waals surface area contributed by atoms with Crippen LogP contribution >= 0.6 is 0 Å². The molecule has 18 heavy (non-hydrogen) atoms. The molecular weight excluding hydrogens is 228 g/mol. The zero-order chi connectivity index (χ0) is 12.6. The third-order valence-corrected chi connectivity index (χ3v) is 4.32. The van der Waals surface area contributed by atoms with Crippen molar-refractivity contribution in [1.29, 1.82) is 0 Å². The van der Waals surface area contributed by atoms with Crippen LogP contribution in [0, 0.1) is 5.92 Å². The maximum absolute atomic E-state index is 8.65. The molecule has 2 aliphatic rings. The van der Waals surface area contributed by atoms with E-state index in [1.807, 2.05) is 0 Å². The molecule has 3 unspecified atom stereocenters. The molecule has 0 bridgehead atoms. The molecule has 0 amide bonds. The molecule has 4 heteroatoms. The Morgan fingerprint density at radius 3 is 2.78 bits per heavy atom. The maximum Gasteiger partial charge on any atom is 0.0698 e. The van der Waals surface area contributed by atoms with Crippen LogP contribution < -0.4 is 10.6 Å². The van der Waals surface area contributed by atoms with Gasteiger partial charge in [-0.25, -0.2) is 0 Å². The van der Waals surface area contributed by atoms with Gasteiger partial charge in [-0.15, -0.1) is 0 Å². The smallest absolute Gasteiger partial charge is 0.0698 e. The van der Waals surface area contributed by atoms with Crippen molar-refractivity contribution in [2.75, 3.05) is 32.9 Å². The van der Waals surface area contributed by atoms with E-state index in [1.54, 1.807) is 0 Å². The highest BCUT2D eigenvalue weighted by atomic mass is 16.5. The molecule has 1 saturated heterocycles. The van der Waals surface area contributed by atoms with Crippen LogP contribution in [-0.2, 0) is 4.74 Å². The monoisotopic (exact) mass is 256 g/mol. The SMILES string of the molecule is OCCOCCNC1CCCCC1C1CCCN1. The summed E-state index contributed by atoms with van der Waals surface area (Å²) in [5, 5.41) is 16.0. The molecule has 1 heterocycles. The molecule has 2 fully saturated rings. The summed E-state index contributed by atoms with van der Waals surface area (Å²) in [5.74, 6) is 0.805. The van der Waals surface area contributed by atoms with Gasteiger partial charge in [0.15, 0.2) is 0 Å². The lowest BCUT2D eigenvalue weighted by atomic mass is 9.79. The Morgan fingerprint density at radius 1 is 1.11 bits per heavy atom. The van der Waals surface area contributed by atoms with Crippen LogP contribution in [0.5, 0.6) is 0 Å². The highest BCUT2D eigenvalue weighted by Gasteiger charge is 2.32. The van der Waals surface area contributed by atoms with Gasteiger partial charge in [-0.1, -0.05) is 12.8 Å². The molecule has 1 saturated carbocycles. The molecule has 106 valence electrons. The van der Waals surface area contributed by atoms with E-state index >= 15 is 0 Å². The van der Waals surface area contributed by atoms with Gasteiger partial charge in [0.1, 0.15) is 0 Å². The van der Waals surface area contributed by atoms with Gasteiger partial charge >= 0.3 is 0 Å². The molecule has 2 rings (SSSR count). The van der Waals surface area contributed by atoms with Gasteiger partial charge < -0.3 is 20.5 Å². The number of nitrogens with one attached hydrogen (secondary N) is 2. The molecule has 4 nitrogen and oxygen atoms in total. The molecule has 0 aromatic heterocycles. The lowest BCUT2D eigenvalue weighted by Crippen LogP contribution is -2.47. The number of hydrogen-bond acceptors (Lipinski definition) is 4. The summed E-state index contributed by atoms with van der Waals surface area (Å²) >= 11 is 0. The number of aliphatic hydroxyl groups is 1.